The molecule has 1 N–H and O–H groups in total. The van der Waals surface area contributed by atoms with Gasteiger partial charge in [0.1, 0.15) is 12.2 Å². The number of carbonyl (C=O) groups excluding carboxylic acids is 1. The Labute approximate surface area is 223 Å². The molecule has 0 radical (unpaired) electrons. The van der Waals surface area contributed by atoms with Crippen LogP contribution in [0.25, 0.3) is 0 Å². The Morgan fingerprint density at radius 1 is 1.26 bits per heavy atom. The highest BCUT2D eigenvalue weighted by Crippen LogP contribution is 2.42. The lowest BCUT2D eigenvalue weighted by Gasteiger charge is -2.28. The number of anilines is 2. The number of halogens is 3. The number of alkyl halides is 3. The zero-order chi connectivity index (χ0) is 28.1. The minimum atomic E-state index is -4.66. The van der Waals surface area contributed by atoms with Crippen LogP contribution < -0.4 is 9.80 Å². The van der Waals surface area contributed by atoms with Crippen molar-refractivity contribution in [3.05, 3.63) is 70.8 Å². The average molecular weight is 543 g/mol. The first-order valence-corrected chi connectivity index (χ1v) is 12.6. The molecule has 0 spiro atoms. The lowest BCUT2D eigenvalue weighted by Crippen LogP contribution is -2.36. The van der Waals surface area contributed by atoms with Gasteiger partial charge in [0.25, 0.3) is 5.91 Å². The molecule has 2 aliphatic rings. The van der Waals surface area contributed by atoms with E-state index in [1.165, 1.54) is 15.9 Å². The molecule has 0 saturated carbocycles. The fourth-order valence-electron chi connectivity index (χ4n) is 5.38. The Morgan fingerprint density at radius 3 is 2.67 bits per heavy atom. The number of likely N-dealkylation sites (tertiary alicyclic amines) is 1. The molecule has 2 amide bonds. The third-order valence-electron chi connectivity index (χ3n) is 7.77. The molecule has 5 rings (SSSR count). The third kappa shape index (κ3) is 5.02. The second-order valence-corrected chi connectivity index (χ2v) is 10.2. The molecule has 9 nitrogen and oxygen atoms in total. The summed E-state index contributed by atoms with van der Waals surface area (Å²) >= 11 is 0. The number of rotatable bonds is 6. The van der Waals surface area contributed by atoms with Crippen molar-refractivity contribution in [1.29, 1.82) is 0 Å². The van der Waals surface area contributed by atoms with Gasteiger partial charge in [0.15, 0.2) is 0 Å². The second-order valence-electron chi connectivity index (χ2n) is 10.2. The van der Waals surface area contributed by atoms with Crippen LogP contribution in [0, 0.1) is 0 Å². The van der Waals surface area contributed by atoms with Crippen LogP contribution in [0.15, 0.2) is 42.7 Å². The van der Waals surface area contributed by atoms with Gasteiger partial charge in [0.2, 0.25) is 0 Å². The van der Waals surface area contributed by atoms with E-state index in [1.807, 2.05) is 30.7 Å². The van der Waals surface area contributed by atoms with Crippen LogP contribution in [-0.4, -0.2) is 63.0 Å². The molecular formula is C27H29F3N6O3. The minimum absolute atomic E-state index is 0.0114. The topological polar surface area (TPSA) is 94.8 Å². The molecule has 1 saturated heterocycles. The SMILES string of the molecule is C[C@H](Cc1nncn1C)c1cccc(N2Cc3c(cc(N(C)[C@H]4CCN(C(=O)O)C4)cc3C(F)(F)F)C2=O)c1. The lowest BCUT2D eigenvalue weighted by molar-refractivity contribution is -0.138. The van der Waals surface area contributed by atoms with Crippen molar-refractivity contribution in [2.75, 3.05) is 29.9 Å². The number of aryl methyl sites for hydroxylation is 1. The first-order valence-electron chi connectivity index (χ1n) is 12.6. The standard InChI is InChI=1S/C27H29F3N6O3/c1-16(9-24-32-31-15-33(24)2)17-5-4-6-18(10-17)36-14-22-21(25(36)37)11-20(12-23(22)27(28,29)30)34(3)19-7-8-35(13-19)26(38)39/h4-6,10-12,15-16,19H,7-9,13-14H2,1-3H3,(H,38,39)/t16-,19+/m1/s1. The Kier molecular flexibility index (Phi) is 6.73. The van der Waals surface area contributed by atoms with Crippen LogP contribution in [0.1, 0.15) is 52.1 Å². The van der Waals surface area contributed by atoms with Gasteiger partial charge in [0, 0.05) is 56.6 Å². The van der Waals surface area contributed by atoms with Crippen molar-refractivity contribution in [1.82, 2.24) is 19.7 Å². The summed E-state index contributed by atoms with van der Waals surface area (Å²) in [7, 11) is 3.49. The van der Waals surface area contributed by atoms with E-state index in [0.29, 0.717) is 25.1 Å². The van der Waals surface area contributed by atoms with E-state index in [9.17, 15) is 27.9 Å². The van der Waals surface area contributed by atoms with Crippen LogP contribution in [0.5, 0.6) is 0 Å². The summed E-state index contributed by atoms with van der Waals surface area (Å²) in [5, 5.41) is 17.3. The predicted octanol–water partition coefficient (Wildman–Crippen LogP) is 4.53. The Morgan fingerprint density at radius 2 is 2.03 bits per heavy atom. The molecule has 3 aromatic rings. The highest BCUT2D eigenvalue weighted by molar-refractivity contribution is 6.11. The van der Waals surface area contributed by atoms with Gasteiger partial charge in [-0.15, -0.1) is 10.2 Å². The van der Waals surface area contributed by atoms with E-state index in [0.717, 1.165) is 17.5 Å². The zero-order valence-corrected chi connectivity index (χ0v) is 21.8. The molecule has 39 heavy (non-hydrogen) atoms. The molecule has 2 atom stereocenters. The maximum atomic E-state index is 14.2. The van der Waals surface area contributed by atoms with Gasteiger partial charge in [-0.1, -0.05) is 19.1 Å². The average Bonchev–Trinajstić information content (AvgIpc) is 3.62. The Balaban J connectivity index is 1.44. The summed E-state index contributed by atoms with van der Waals surface area (Å²) in [6.07, 6.45) is -3.00. The summed E-state index contributed by atoms with van der Waals surface area (Å²) in [6, 6.07) is 9.56. The van der Waals surface area contributed by atoms with Crippen molar-refractivity contribution in [2.24, 2.45) is 7.05 Å². The van der Waals surface area contributed by atoms with Crippen LogP contribution in [-0.2, 0) is 26.2 Å². The zero-order valence-electron chi connectivity index (χ0n) is 21.8. The molecule has 2 aliphatic heterocycles. The number of benzene rings is 2. The van der Waals surface area contributed by atoms with Gasteiger partial charge < -0.3 is 24.4 Å². The van der Waals surface area contributed by atoms with E-state index in [2.05, 4.69) is 10.2 Å². The van der Waals surface area contributed by atoms with E-state index < -0.39 is 23.7 Å². The fourth-order valence-corrected chi connectivity index (χ4v) is 5.38. The Bertz CT molecular complexity index is 1420. The molecule has 3 heterocycles. The van der Waals surface area contributed by atoms with Gasteiger partial charge in [0.05, 0.1) is 12.1 Å². The minimum Gasteiger partial charge on any atom is -0.465 e. The van der Waals surface area contributed by atoms with Crippen LogP contribution >= 0.6 is 0 Å². The van der Waals surface area contributed by atoms with Crippen LogP contribution in [0.4, 0.5) is 29.3 Å². The number of hydrogen-bond donors (Lipinski definition) is 1. The summed E-state index contributed by atoms with van der Waals surface area (Å²) in [5.41, 5.74) is 0.796. The largest absolute Gasteiger partial charge is 0.465 e. The normalized spacial score (nSPS) is 18.0. The highest BCUT2D eigenvalue weighted by atomic mass is 19.4. The van der Waals surface area contributed by atoms with Gasteiger partial charge in [-0.2, -0.15) is 13.2 Å². The Hall–Kier alpha value is -4.09. The van der Waals surface area contributed by atoms with E-state index in [1.54, 1.807) is 30.4 Å². The molecule has 206 valence electrons. The molecular weight excluding hydrogens is 513 g/mol. The predicted molar refractivity (Wildman–Crippen MR) is 138 cm³/mol. The smallest absolute Gasteiger partial charge is 0.416 e. The van der Waals surface area contributed by atoms with Gasteiger partial charge in [-0.05, 0) is 47.7 Å². The third-order valence-corrected chi connectivity index (χ3v) is 7.77. The first-order chi connectivity index (χ1) is 18.4. The monoisotopic (exact) mass is 542 g/mol. The number of likely N-dealkylation sites (N-methyl/N-ethyl adjacent to an activating group) is 1. The van der Waals surface area contributed by atoms with Crippen molar-refractivity contribution in [2.45, 2.75) is 44.4 Å². The number of amides is 2. The number of carboxylic acid groups (broad SMARTS) is 1. The number of hydrogen-bond acceptors (Lipinski definition) is 5. The van der Waals surface area contributed by atoms with Crippen molar-refractivity contribution in [3.63, 3.8) is 0 Å². The lowest BCUT2D eigenvalue weighted by atomic mass is 9.97. The maximum absolute atomic E-state index is 14.2. The fraction of sp³-hybridized carbons (Fsp3) is 0.407. The molecule has 12 heteroatoms. The number of carbonyl (C=O) groups is 2. The van der Waals surface area contributed by atoms with Crippen LogP contribution in [0.2, 0.25) is 0 Å². The highest BCUT2D eigenvalue weighted by Gasteiger charge is 2.41. The molecule has 0 bridgehead atoms. The second kappa shape index (κ2) is 9.90. The van der Waals surface area contributed by atoms with Gasteiger partial charge >= 0.3 is 12.3 Å². The molecule has 2 aromatic carbocycles. The van der Waals surface area contributed by atoms with E-state index >= 15 is 0 Å². The van der Waals surface area contributed by atoms with Crippen molar-refractivity contribution < 1.29 is 27.9 Å². The summed E-state index contributed by atoms with van der Waals surface area (Å²) in [6.45, 7) is 2.32. The number of fused-ring (bicyclic) bond motifs is 1. The number of nitrogens with zero attached hydrogens (tertiary/aromatic N) is 6. The first kappa shape index (κ1) is 26.5. The van der Waals surface area contributed by atoms with Crippen molar-refractivity contribution in [3.8, 4) is 0 Å². The van der Waals surface area contributed by atoms with Crippen molar-refractivity contribution >= 4 is 23.4 Å². The summed E-state index contributed by atoms with van der Waals surface area (Å²) < 4.78 is 44.5. The van der Waals surface area contributed by atoms with Crippen LogP contribution in [0.3, 0.4) is 0 Å². The van der Waals surface area contributed by atoms with E-state index in [4.69, 9.17) is 0 Å². The molecule has 1 aromatic heterocycles. The quantitative estimate of drug-likeness (QED) is 0.492. The molecule has 0 aliphatic carbocycles. The number of aromatic nitrogens is 3. The maximum Gasteiger partial charge on any atom is 0.416 e. The van der Waals surface area contributed by atoms with E-state index in [-0.39, 0.29) is 41.9 Å². The molecule has 0 unspecified atom stereocenters. The molecule has 1 fully saturated rings. The van der Waals surface area contributed by atoms with Gasteiger partial charge in [-0.25, -0.2) is 4.79 Å². The summed E-state index contributed by atoms with van der Waals surface area (Å²) in [4.78, 5) is 29.1. The van der Waals surface area contributed by atoms with Gasteiger partial charge in [-0.3, -0.25) is 4.79 Å². The summed E-state index contributed by atoms with van der Waals surface area (Å²) in [5.74, 6) is 0.343.